The Labute approximate surface area is 98.3 Å². The Bertz CT molecular complexity index is 91.7. The summed E-state index contributed by atoms with van der Waals surface area (Å²) in [6, 6.07) is 0. The van der Waals surface area contributed by atoms with Crippen LogP contribution in [-0.2, 0) is 0 Å². The van der Waals surface area contributed by atoms with E-state index < -0.39 is 0 Å². The summed E-state index contributed by atoms with van der Waals surface area (Å²) in [5, 5.41) is 7.76. The van der Waals surface area contributed by atoms with Crippen LogP contribution in [0, 0.1) is 0 Å². The zero-order valence-corrected chi connectivity index (χ0v) is 10.8. The highest BCUT2D eigenvalue weighted by Crippen LogP contribution is 1.94. The molecule has 0 aromatic rings. The van der Waals surface area contributed by atoms with E-state index in [1.54, 1.807) is 0 Å². The maximum atomic E-state index is 10.6. The summed E-state index contributed by atoms with van der Waals surface area (Å²) < 4.78 is 10.6. The average Bonchev–Trinajstić information content (AvgIpc) is 2.21. The van der Waals surface area contributed by atoms with Gasteiger partial charge in [0.15, 0.2) is 0 Å². The van der Waals surface area contributed by atoms with Crippen molar-refractivity contribution in [2.24, 2.45) is 0 Å². The van der Waals surface area contributed by atoms with Crippen molar-refractivity contribution < 1.29 is 14.3 Å². The van der Waals surface area contributed by atoms with Crippen molar-refractivity contribution in [1.82, 2.24) is 10.4 Å². The summed E-state index contributed by atoms with van der Waals surface area (Å²) in [4.78, 5) is 2.54. The van der Waals surface area contributed by atoms with Crippen LogP contribution in [0.1, 0.15) is 40.0 Å². The third-order valence-corrected chi connectivity index (χ3v) is 1.83. The molecule has 0 fully saturated rings. The van der Waals surface area contributed by atoms with Gasteiger partial charge in [0, 0.05) is 6.54 Å². The zero-order valence-electron chi connectivity index (χ0n) is 10.8. The molecule has 102 valence electrons. The fourth-order valence-electron chi connectivity index (χ4n) is 1.33. The molecule has 0 saturated heterocycles. The van der Waals surface area contributed by atoms with Crippen LogP contribution in [0.25, 0.3) is 0 Å². The van der Waals surface area contributed by atoms with Crippen molar-refractivity contribution >= 4 is 0 Å². The van der Waals surface area contributed by atoms with Crippen molar-refractivity contribution in [3.63, 3.8) is 0 Å². The normalized spacial score (nSPS) is 9.38. The van der Waals surface area contributed by atoms with Gasteiger partial charge in [-0.1, -0.05) is 20.8 Å². The Morgan fingerprint density at radius 1 is 1.00 bits per heavy atom. The molecule has 0 aromatic carbocycles. The smallest absolute Gasteiger partial charge is 0.0582 e. The lowest BCUT2D eigenvalue weighted by atomic mass is 10.3. The second-order valence-electron chi connectivity index (χ2n) is 3.45. The standard InChI is InChI=1S/C9H21N.C2H6FNO.FH/c1-4-7-10(8-5-2)9-6-3;3-4-1-2-5;/h4-9H2,1-3H3;4-5H,1-2H2;1H. The summed E-state index contributed by atoms with van der Waals surface area (Å²) >= 11 is 0. The third kappa shape index (κ3) is 19.3. The molecule has 0 aliphatic carbocycles. The van der Waals surface area contributed by atoms with E-state index in [1.807, 2.05) is 0 Å². The predicted octanol–water partition coefficient (Wildman–Crippen LogP) is 2.12. The topological polar surface area (TPSA) is 35.5 Å². The van der Waals surface area contributed by atoms with Crippen LogP contribution >= 0.6 is 0 Å². The van der Waals surface area contributed by atoms with E-state index in [0.29, 0.717) is 0 Å². The van der Waals surface area contributed by atoms with Gasteiger partial charge in [-0.3, -0.25) is 4.70 Å². The van der Waals surface area contributed by atoms with E-state index in [0.717, 1.165) is 0 Å². The molecule has 0 radical (unpaired) electrons. The van der Waals surface area contributed by atoms with Crippen LogP contribution in [-0.4, -0.2) is 42.8 Å². The van der Waals surface area contributed by atoms with Crippen molar-refractivity contribution in [3.05, 3.63) is 0 Å². The van der Waals surface area contributed by atoms with Gasteiger partial charge in [0.1, 0.15) is 0 Å². The highest BCUT2D eigenvalue weighted by atomic mass is 19.2. The molecule has 3 nitrogen and oxygen atoms in total. The number of halogens is 2. The van der Waals surface area contributed by atoms with Crippen molar-refractivity contribution in [2.75, 3.05) is 32.8 Å². The van der Waals surface area contributed by atoms with Crippen LogP contribution in [0.15, 0.2) is 0 Å². The first-order valence-corrected chi connectivity index (χ1v) is 5.93. The molecule has 0 bridgehead atoms. The number of aliphatic hydroxyl groups is 1. The summed E-state index contributed by atoms with van der Waals surface area (Å²) in [5.41, 5.74) is 1.27. The number of nitrogens with one attached hydrogen (secondary N) is 1. The van der Waals surface area contributed by atoms with Crippen LogP contribution < -0.4 is 5.54 Å². The summed E-state index contributed by atoms with van der Waals surface area (Å²) in [6.45, 7) is 10.5. The number of hydrogen-bond acceptors (Lipinski definition) is 3. The third-order valence-electron chi connectivity index (χ3n) is 1.83. The number of nitrogens with zero attached hydrogens (tertiary/aromatic N) is 1. The lowest BCUT2D eigenvalue weighted by Gasteiger charge is -2.19. The second kappa shape index (κ2) is 20.2. The largest absolute Gasteiger partial charge is 0.395 e. The predicted molar refractivity (Wildman–Crippen MR) is 66.0 cm³/mol. The van der Waals surface area contributed by atoms with Gasteiger partial charge in [0.2, 0.25) is 0 Å². The van der Waals surface area contributed by atoms with Gasteiger partial charge in [0.25, 0.3) is 0 Å². The number of hydrogen-bond donors (Lipinski definition) is 2. The molecule has 0 atom stereocenters. The number of aliphatic hydroxyl groups excluding tert-OH is 1. The molecule has 0 saturated carbocycles. The zero-order chi connectivity index (χ0) is 11.9. The van der Waals surface area contributed by atoms with Gasteiger partial charge >= 0.3 is 0 Å². The van der Waals surface area contributed by atoms with Gasteiger partial charge in [-0.05, 0) is 38.9 Å². The van der Waals surface area contributed by atoms with Gasteiger partial charge in [-0.15, -0.1) is 4.48 Å². The molecule has 0 rings (SSSR count). The molecule has 2 N–H and O–H groups in total. The van der Waals surface area contributed by atoms with Gasteiger partial charge in [0.05, 0.1) is 6.61 Å². The minimum Gasteiger partial charge on any atom is -0.395 e. The lowest BCUT2D eigenvalue weighted by molar-refractivity contribution is 0.239. The quantitative estimate of drug-likeness (QED) is 0.640. The second-order valence-corrected chi connectivity index (χ2v) is 3.45. The number of rotatable bonds is 8. The van der Waals surface area contributed by atoms with E-state index in [4.69, 9.17) is 5.11 Å². The Morgan fingerprint density at radius 2 is 1.38 bits per heavy atom. The average molecular weight is 242 g/mol. The Balaban J connectivity index is -0.000000242. The molecule has 0 amide bonds. The lowest BCUT2D eigenvalue weighted by Crippen LogP contribution is -2.25. The highest BCUT2D eigenvalue weighted by molar-refractivity contribution is 4.53. The SMILES string of the molecule is CCCN(CCC)CCC.F.OCCNF. The summed E-state index contributed by atoms with van der Waals surface area (Å²) in [7, 11) is 0. The molecular weight excluding hydrogens is 214 g/mol. The summed E-state index contributed by atoms with van der Waals surface area (Å²) in [6.07, 6.45) is 3.88. The van der Waals surface area contributed by atoms with E-state index in [9.17, 15) is 4.48 Å². The van der Waals surface area contributed by atoms with Crippen molar-refractivity contribution in [2.45, 2.75) is 40.0 Å². The Morgan fingerprint density at radius 3 is 1.50 bits per heavy atom. The maximum absolute atomic E-state index is 10.6. The molecular formula is C11H28F2N2O. The van der Waals surface area contributed by atoms with Crippen LogP contribution in [0.5, 0.6) is 0 Å². The van der Waals surface area contributed by atoms with Crippen LogP contribution in [0.2, 0.25) is 0 Å². The molecule has 5 heteroatoms. The van der Waals surface area contributed by atoms with E-state index >= 15 is 0 Å². The maximum Gasteiger partial charge on any atom is 0.0582 e. The fraction of sp³-hybridized carbons (Fsp3) is 1.00. The molecule has 0 aliphatic heterocycles. The van der Waals surface area contributed by atoms with Gasteiger partial charge in [-0.2, -0.15) is 5.54 Å². The summed E-state index contributed by atoms with van der Waals surface area (Å²) in [5.74, 6) is 0. The first-order valence-electron chi connectivity index (χ1n) is 5.93. The van der Waals surface area contributed by atoms with Crippen LogP contribution in [0.3, 0.4) is 0 Å². The van der Waals surface area contributed by atoms with E-state index in [2.05, 4.69) is 25.7 Å². The molecule has 0 unspecified atom stereocenters. The molecule has 16 heavy (non-hydrogen) atoms. The van der Waals surface area contributed by atoms with Gasteiger partial charge in [-0.25, -0.2) is 0 Å². The van der Waals surface area contributed by atoms with Gasteiger partial charge < -0.3 is 10.0 Å². The fourth-order valence-corrected chi connectivity index (χ4v) is 1.33. The van der Waals surface area contributed by atoms with Crippen molar-refractivity contribution in [3.8, 4) is 0 Å². The molecule has 0 spiro atoms. The van der Waals surface area contributed by atoms with E-state index in [-0.39, 0.29) is 17.9 Å². The highest BCUT2D eigenvalue weighted by Gasteiger charge is 1.98. The Hall–Kier alpha value is -0.260. The van der Waals surface area contributed by atoms with Crippen molar-refractivity contribution in [1.29, 1.82) is 0 Å². The molecule has 0 aromatic heterocycles. The first-order chi connectivity index (χ1) is 7.26. The minimum absolute atomic E-state index is 0. The Kier molecular flexibility index (Phi) is 26.6. The first kappa shape index (κ1) is 21.1. The monoisotopic (exact) mass is 242 g/mol. The minimum atomic E-state index is -0.142. The molecule has 0 heterocycles. The van der Waals surface area contributed by atoms with Crippen LogP contribution in [0.4, 0.5) is 9.19 Å². The molecule has 0 aliphatic rings. The van der Waals surface area contributed by atoms with E-state index in [1.165, 1.54) is 44.4 Å².